The summed E-state index contributed by atoms with van der Waals surface area (Å²) < 4.78 is 54.0. The summed E-state index contributed by atoms with van der Waals surface area (Å²) in [6.45, 7) is 1.42. The summed E-state index contributed by atoms with van der Waals surface area (Å²) in [5.41, 5.74) is 0. The molecule has 0 atom stereocenters. The lowest BCUT2D eigenvalue weighted by Gasteiger charge is -2.19. The second kappa shape index (κ2) is 6.19. The first-order chi connectivity index (χ1) is 9.73. The number of sulfonamides is 2. The SMILES string of the molecule is NS(=O)(=O)c1ccc(S(=O)(=O)N2CCCOCC2)cc1Cl. The van der Waals surface area contributed by atoms with Gasteiger partial charge in [-0.3, -0.25) is 0 Å². The van der Waals surface area contributed by atoms with Gasteiger partial charge in [-0.2, -0.15) is 4.31 Å². The normalized spacial score (nSPS) is 18.4. The van der Waals surface area contributed by atoms with Gasteiger partial charge in [0.05, 0.1) is 16.5 Å². The summed E-state index contributed by atoms with van der Waals surface area (Å²) in [6, 6.07) is 3.38. The summed E-state index contributed by atoms with van der Waals surface area (Å²) in [4.78, 5) is -0.371. The van der Waals surface area contributed by atoms with Crippen LogP contribution >= 0.6 is 11.6 Å². The van der Waals surface area contributed by atoms with Crippen molar-refractivity contribution in [2.45, 2.75) is 16.2 Å². The average Bonchev–Trinajstić information content (AvgIpc) is 2.66. The van der Waals surface area contributed by atoms with Crippen LogP contribution in [0.25, 0.3) is 0 Å². The molecule has 1 aromatic carbocycles. The van der Waals surface area contributed by atoms with E-state index < -0.39 is 20.0 Å². The van der Waals surface area contributed by atoms with Gasteiger partial charge in [-0.1, -0.05) is 11.6 Å². The maximum absolute atomic E-state index is 12.5. The monoisotopic (exact) mass is 354 g/mol. The van der Waals surface area contributed by atoms with Crippen LogP contribution in [0.1, 0.15) is 6.42 Å². The fourth-order valence-corrected chi connectivity index (χ4v) is 4.63. The van der Waals surface area contributed by atoms with E-state index in [1.165, 1.54) is 10.4 Å². The van der Waals surface area contributed by atoms with Crippen molar-refractivity contribution in [2.75, 3.05) is 26.3 Å². The van der Waals surface area contributed by atoms with Gasteiger partial charge in [0.1, 0.15) is 4.90 Å². The summed E-state index contributed by atoms with van der Waals surface area (Å²) in [7, 11) is -7.72. The van der Waals surface area contributed by atoms with Crippen LogP contribution in [0.5, 0.6) is 0 Å². The molecule has 1 fully saturated rings. The van der Waals surface area contributed by atoms with Crippen LogP contribution in [0, 0.1) is 0 Å². The zero-order chi connectivity index (χ0) is 15.7. The second-order valence-electron chi connectivity index (χ2n) is 4.51. The molecule has 0 saturated carbocycles. The molecule has 1 saturated heterocycles. The van der Waals surface area contributed by atoms with E-state index in [0.717, 1.165) is 12.1 Å². The first-order valence-electron chi connectivity index (χ1n) is 6.13. The van der Waals surface area contributed by atoms with E-state index in [4.69, 9.17) is 21.5 Å². The molecule has 0 aliphatic carbocycles. The number of nitrogens with two attached hydrogens (primary N) is 1. The van der Waals surface area contributed by atoms with Crippen molar-refractivity contribution >= 4 is 31.6 Å². The third kappa shape index (κ3) is 3.74. The Labute approximate surface area is 128 Å². The van der Waals surface area contributed by atoms with Crippen LogP contribution in [0.3, 0.4) is 0 Å². The van der Waals surface area contributed by atoms with Gasteiger partial charge in [0, 0.05) is 19.7 Å². The van der Waals surface area contributed by atoms with Crippen LogP contribution in [0.15, 0.2) is 28.0 Å². The molecule has 0 aromatic heterocycles. The molecule has 118 valence electrons. The van der Waals surface area contributed by atoms with Crippen LogP contribution in [-0.4, -0.2) is 47.4 Å². The number of rotatable bonds is 3. The van der Waals surface area contributed by atoms with Crippen molar-refractivity contribution in [3.05, 3.63) is 23.2 Å². The first-order valence-corrected chi connectivity index (χ1v) is 9.49. The lowest BCUT2D eigenvalue weighted by atomic mass is 10.4. The lowest BCUT2D eigenvalue weighted by Crippen LogP contribution is -2.33. The molecular weight excluding hydrogens is 340 g/mol. The summed E-state index contributed by atoms with van der Waals surface area (Å²) in [5.74, 6) is 0. The van der Waals surface area contributed by atoms with E-state index in [1.54, 1.807) is 0 Å². The smallest absolute Gasteiger partial charge is 0.243 e. The van der Waals surface area contributed by atoms with Crippen molar-refractivity contribution in [2.24, 2.45) is 5.14 Å². The predicted octanol–water partition coefficient (Wildman–Crippen LogP) is 0.398. The quantitative estimate of drug-likeness (QED) is 0.845. The molecule has 2 N–H and O–H groups in total. The van der Waals surface area contributed by atoms with Crippen molar-refractivity contribution < 1.29 is 21.6 Å². The van der Waals surface area contributed by atoms with Crippen LogP contribution in [0.4, 0.5) is 0 Å². The van der Waals surface area contributed by atoms with Crippen LogP contribution in [-0.2, 0) is 24.8 Å². The van der Waals surface area contributed by atoms with Gasteiger partial charge in [0.25, 0.3) is 0 Å². The molecule has 10 heteroatoms. The Morgan fingerprint density at radius 3 is 2.48 bits per heavy atom. The van der Waals surface area contributed by atoms with Crippen LogP contribution in [0.2, 0.25) is 5.02 Å². The molecule has 1 heterocycles. The van der Waals surface area contributed by atoms with Gasteiger partial charge >= 0.3 is 0 Å². The van der Waals surface area contributed by atoms with Crippen molar-refractivity contribution in [1.82, 2.24) is 4.31 Å². The number of nitrogens with zero attached hydrogens (tertiary/aromatic N) is 1. The molecule has 0 radical (unpaired) electrons. The zero-order valence-corrected chi connectivity index (χ0v) is 13.4. The van der Waals surface area contributed by atoms with Crippen molar-refractivity contribution in [3.8, 4) is 0 Å². The minimum Gasteiger partial charge on any atom is -0.380 e. The summed E-state index contributed by atoms with van der Waals surface area (Å²) in [6.07, 6.45) is 0.599. The zero-order valence-electron chi connectivity index (χ0n) is 11.0. The highest BCUT2D eigenvalue weighted by atomic mass is 35.5. The minimum absolute atomic E-state index is 0.0678. The number of ether oxygens (including phenoxy) is 1. The summed E-state index contributed by atoms with van der Waals surface area (Å²) in [5, 5.41) is 4.77. The molecule has 0 bridgehead atoms. The first kappa shape index (κ1) is 16.7. The highest BCUT2D eigenvalue weighted by molar-refractivity contribution is 7.89. The Morgan fingerprint density at radius 1 is 1.14 bits per heavy atom. The number of benzene rings is 1. The third-order valence-electron chi connectivity index (χ3n) is 3.03. The van der Waals surface area contributed by atoms with E-state index in [1.807, 2.05) is 0 Å². The number of hydrogen-bond donors (Lipinski definition) is 1. The third-order valence-corrected chi connectivity index (χ3v) is 6.32. The molecule has 0 unspecified atom stereocenters. The van der Waals surface area contributed by atoms with E-state index in [-0.39, 0.29) is 21.4 Å². The van der Waals surface area contributed by atoms with Crippen molar-refractivity contribution in [3.63, 3.8) is 0 Å². The van der Waals surface area contributed by atoms with Gasteiger partial charge in [0.2, 0.25) is 20.0 Å². The summed E-state index contributed by atoms with van der Waals surface area (Å²) >= 11 is 5.82. The van der Waals surface area contributed by atoms with Gasteiger partial charge in [-0.25, -0.2) is 22.0 Å². The van der Waals surface area contributed by atoms with Gasteiger partial charge in [-0.15, -0.1) is 0 Å². The van der Waals surface area contributed by atoms with E-state index in [0.29, 0.717) is 26.2 Å². The standard InChI is InChI=1S/C11H15ClN2O5S2/c12-10-8-9(2-3-11(10)20(13,15)16)21(17,18)14-4-1-6-19-7-5-14/h2-3,8H,1,4-7H2,(H2,13,15,16). The van der Waals surface area contributed by atoms with Gasteiger partial charge in [-0.05, 0) is 24.6 Å². The fourth-order valence-electron chi connectivity index (χ4n) is 1.99. The molecule has 1 aromatic rings. The van der Waals surface area contributed by atoms with Crippen molar-refractivity contribution in [1.29, 1.82) is 0 Å². The molecule has 7 nitrogen and oxygen atoms in total. The topological polar surface area (TPSA) is 107 Å². The van der Waals surface area contributed by atoms with E-state index in [9.17, 15) is 16.8 Å². The molecule has 0 amide bonds. The molecule has 1 aliphatic heterocycles. The van der Waals surface area contributed by atoms with Gasteiger partial charge in [0.15, 0.2) is 0 Å². The average molecular weight is 355 g/mol. The number of halogens is 1. The Kier molecular flexibility index (Phi) is 4.91. The maximum atomic E-state index is 12.5. The molecule has 2 rings (SSSR count). The predicted molar refractivity (Wildman–Crippen MR) is 77.0 cm³/mol. The minimum atomic E-state index is -3.99. The fraction of sp³-hybridized carbons (Fsp3) is 0.455. The largest absolute Gasteiger partial charge is 0.380 e. The molecule has 1 aliphatic rings. The Balaban J connectivity index is 2.39. The number of primary sulfonamides is 1. The van der Waals surface area contributed by atoms with Crippen LogP contribution < -0.4 is 5.14 Å². The van der Waals surface area contributed by atoms with E-state index >= 15 is 0 Å². The Morgan fingerprint density at radius 2 is 1.86 bits per heavy atom. The number of hydrogen-bond acceptors (Lipinski definition) is 5. The highest BCUT2D eigenvalue weighted by Gasteiger charge is 2.26. The lowest BCUT2D eigenvalue weighted by molar-refractivity contribution is 0.148. The maximum Gasteiger partial charge on any atom is 0.243 e. The molecular formula is C11H15ClN2O5S2. The van der Waals surface area contributed by atoms with E-state index in [2.05, 4.69) is 0 Å². The molecule has 0 spiro atoms. The second-order valence-corrected chi connectivity index (χ2v) is 8.38. The Hall–Kier alpha value is -0.710. The highest BCUT2D eigenvalue weighted by Crippen LogP contribution is 2.26. The Bertz CT molecular complexity index is 725. The van der Waals surface area contributed by atoms with Gasteiger partial charge < -0.3 is 4.74 Å². The molecule has 21 heavy (non-hydrogen) atoms.